The highest BCUT2D eigenvalue weighted by Gasteiger charge is 2.15. The van der Waals surface area contributed by atoms with Crippen LogP contribution in [0.4, 0.5) is 0 Å². The van der Waals surface area contributed by atoms with Crippen LogP contribution in [-0.4, -0.2) is 0 Å². The monoisotopic (exact) mass is 337 g/mol. The molecule has 145 valence electrons. The minimum Gasteiger partial charge on any atom is -0.0654 e. The summed E-state index contributed by atoms with van der Waals surface area (Å²) in [6, 6.07) is 0. The van der Waals surface area contributed by atoms with E-state index < -0.39 is 0 Å². The summed E-state index contributed by atoms with van der Waals surface area (Å²) in [6.07, 6.45) is 27.0. The van der Waals surface area contributed by atoms with Gasteiger partial charge < -0.3 is 0 Å². The first-order valence-electron chi connectivity index (χ1n) is 11.6. The van der Waals surface area contributed by atoms with Gasteiger partial charge in [0.25, 0.3) is 0 Å². The molecular formula is C24H49. The lowest BCUT2D eigenvalue weighted by Gasteiger charge is -2.22. The Balaban J connectivity index is 3.96. The van der Waals surface area contributed by atoms with E-state index in [2.05, 4.69) is 34.1 Å². The lowest BCUT2D eigenvalue weighted by Crippen LogP contribution is -2.10. The molecule has 1 radical (unpaired) electrons. The van der Waals surface area contributed by atoms with E-state index in [0.29, 0.717) is 0 Å². The highest BCUT2D eigenvalue weighted by atomic mass is 14.2. The van der Waals surface area contributed by atoms with Crippen LogP contribution in [0.25, 0.3) is 0 Å². The van der Waals surface area contributed by atoms with Crippen molar-refractivity contribution < 1.29 is 0 Å². The average molecular weight is 338 g/mol. The summed E-state index contributed by atoms with van der Waals surface area (Å²) in [5.74, 6) is 1.78. The molecule has 0 aliphatic rings. The van der Waals surface area contributed by atoms with Gasteiger partial charge in [-0.1, -0.05) is 137 Å². The Morgan fingerprint density at radius 1 is 0.458 bits per heavy atom. The molecule has 0 heterocycles. The van der Waals surface area contributed by atoms with Gasteiger partial charge in [0.15, 0.2) is 0 Å². The lowest BCUT2D eigenvalue weighted by molar-refractivity contribution is 0.383. The van der Waals surface area contributed by atoms with E-state index in [1.54, 1.807) is 0 Å². The van der Waals surface area contributed by atoms with Crippen molar-refractivity contribution in [1.82, 2.24) is 0 Å². The Bertz CT molecular complexity index is 220. The molecule has 0 spiro atoms. The summed E-state index contributed by atoms with van der Waals surface area (Å²) in [5, 5.41) is 0. The predicted molar refractivity (Wildman–Crippen MR) is 112 cm³/mol. The van der Waals surface area contributed by atoms with Gasteiger partial charge in [-0.05, 0) is 18.3 Å². The van der Waals surface area contributed by atoms with Crippen LogP contribution >= 0.6 is 0 Å². The molecule has 0 saturated heterocycles. The smallest absolute Gasteiger partial charge is 0.0324 e. The number of hydrogen-bond donors (Lipinski definition) is 0. The summed E-state index contributed by atoms with van der Waals surface area (Å²) in [5.41, 5.74) is 0. The Hall–Kier alpha value is 0. The third-order valence-corrected chi connectivity index (χ3v) is 5.60. The van der Waals surface area contributed by atoms with Crippen molar-refractivity contribution in [2.24, 2.45) is 11.8 Å². The second-order valence-electron chi connectivity index (χ2n) is 8.02. The van der Waals surface area contributed by atoms with Crippen LogP contribution in [-0.2, 0) is 0 Å². The first-order valence-corrected chi connectivity index (χ1v) is 11.6. The molecule has 0 nitrogen and oxygen atoms in total. The van der Waals surface area contributed by atoms with E-state index in [1.807, 2.05) is 0 Å². The molecule has 2 atom stereocenters. The molecule has 0 aromatic carbocycles. The Morgan fingerprint density at radius 2 is 0.875 bits per heavy atom. The van der Waals surface area contributed by atoms with Gasteiger partial charge in [-0.3, -0.25) is 0 Å². The van der Waals surface area contributed by atoms with E-state index in [0.717, 1.165) is 11.8 Å². The molecule has 0 bridgehead atoms. The van der Waals surface area contributed by atoms with E-state index >= 15 is 0 Å². The quantitative estimate of drug-likeness (QED) is 0.206. The van der Waals surface area contributed by atoms with E-state index in [1.165, 1.54) is 109 Å². The molecule has 0 saturated carbocycles. The zero-order chi connectivity index (χ0) is 17.9. The fourth-order valence-electron chi connectivity index (χ4n) is 3.82. The zero-order valence-electron chi connectivity index (χ0n) is 17.8. The van der Waals surface area contributed by atoms with Crippen molar-refractivity contribution in [2.75, 3.05) is 0 Å². The fourth-order valence-corrected chi connectivity index (χ4v) is 3.82. The molecule has 0 aliphatic carbocycles. The third-order valence-electron chi connectivity index (χ3n) is 5.60. The van der Waals surface area contributed by atoms with Crippen LogP contribution in [0.15, 0.2) is 0 Å². The maximum absolute atomic E-state index is 2.78. The third kappa shape index (κ3) is 15.5. The van der Waals surface area contributed by atoms with Crippen molar-refractivity contribution >= 4 is 0 Å². The van der Waals surface area contributed by atoms with Crippen molar-refractivity contribution in [3.05, 3.63) is 6.42 Å². The molecule has 0 aliphatic heterocycles. The molecule has 0 aromatic rings. The van der Waals surface area contributed by atoms with Crippen molar-refractivity contribution in [3.63, 3.8) is 0 Å². The number of rotatable bonds is 19. The largest absolute Gasteiger partial charge is 0.0654 e. The average Bonchev–Trinajstić information content (AvgIpc) is 2.60. The summed E-state index contributed by atoms with van der Waals surface area (Å²) >= 11 is 0. The van der Waals surface area contributed by atoms with Crippen molar-refractivity contribution in [2.45, 2.75) is 137 Å². The van der Waals surface area contributed by atoms with Crippen LogP contribution in [0.5, 0.6) is 0 Å². The summed E-state index contributed by atoms with van der Waals surface area (Å²) in [4.78, 5) is 0. The Labute approximate surface area is 155 Å². The highest BCUT2D eigenvalue weighted by Crippen LogP contribution is 2.28. The lowest BCUT2D eigenvalue weighted by atomic mass is 9.83. The van der Waals surface area contributed by atoms with Gasteiger partial charge in [-0.2, -0.15) is 0 Å². The molecule has 0 fully saturated rings. The van der Waals surface area contributed by atoms with Gasteiger partial charge >= 0.3 is 0 Å². The first-order chi connectivity index (χ1) is 11.8. The molecule has 2 unspecified atom stereocenters. The SMILES string of the molecule is CCCCCCCCC([CH]C(CCCC)CCCCCCC)CC. The predicted octanol–water partition coefficient (Wildman–Crippen LogP) is 9.13. The van der Waals surface area contributed by atoms with Crippen LogP contribution in [0.1, 0.15) is 137 Å². The standard InChI is InChI=1S/C24H49/c1-5-9-12-14-16-17-20-23(8-4)22-24(19-11-7-3)21-18-15-13-10-6-2/h22-24H,5-21H2,1-4H3. The normalized spacial score (nSPS) is 14.0. The molecule has 0 heteroatoms. The minimum atomic E-state index is 0.883. The topological polar surface area (TPSA) is 0 Å². The van der Waals surface area contributed by atoms with Gasteiger partial charge in [-0.25, -0.2) is 0 Å². The van der Waals surface area contributed by atoms with E-state index in [4.69, 9.17) is 0 Å². The Morgan fingerprint density at radius 3 is 1.38 bits per heavy atom. The highest BCUT2D eigenvalue weighted by molar-refractivity contribution is 4.83. The molecule has 0 amide bonds. The van der Waals surface area contributed by atoms with Gasteiger partial charge in [0.2, 0.25) is 0 Å². The van der Waals surface area contributed by atoms with Gasteiger partial charge in [0.05, 0.1) is 0 Å². The first kappa shape index (κ1) is 24.0. The van der Waals surface area contributed by atoms with Gasteiger partial charge in [0, 0.05) is 0 Å². The van der Waals surface area contributed by atoms with E-state index in [9.17, 15) is 0 Å². The molecule has 0 rings (SSSR count). The molecule has 24 heavy (non-hydrogen) atoms. The van der Waals surface area contributed by atoms with Gasteiger partial charge in [0.1, 0.15) is 0 Å². The fraction of sp³-hybridized carbons (Fsp3) is 0.958. The number of hydrogen-bond acceptors (Lipinski definition) is 0. The molecular weight excluding hydrogens is 288 g/mol. The zero-order valence-corrected chi connectivity index (χ0v) is 17.8. The molecule has 0 N–H and O–H groups in total. The van der Waals surface area contributed by atoms with Crippen molar-refractivity contribution in [1.29, 1.82) is 0 Å². The second-order valence-corrected chi connectivity index (χ2v) is 8.02. The summed E-state index contributed by atoms with van der Waals surface area (Å²) in [7, 11) is 0. The van der Waals surface area contributed by atoms with Crippen LogP contribution in [0, 0.1) is 18.3 Å². The van der Waals surface area contributed by atoms with Crippen LogP contribution < -0.4 is 0 Å². The summed E-state index contributed by atoms with van der Waals surface area (Å²) < 4.78 is 0. The second kappa shape index (κ2) is 19.3. The minimum absolute atomic E-state index is 0.883. The maximum Gasteiger partial charge on any atom is -0.0324 e. The maximum atomic E-state index is 2.78. The summed E-state index contributed by atoms with van der Waals surface area (Å²) in [6.45, 7) is 9.36. The van der Waals surface area contributed by atoms with Crippen LogP contribution in [0.3, 0.4) is 0 Å². The number of unbranched alkanes of at least 4 members (excludes halogenated alkanes) is 10. The van der Waals surface area contributed by atoms with Crippen molar-refractivity contribution in [3.8, 4) is 0 Å². The van der Waals surface area contributed by atoms with E-state index in [-0.39, 0.29) is 0 Å². The Kier molecular flexibility index (Phi) is 19.3. The van der Waals surface area contributed by atoms with Gasteiger partial charge in [-0.15, -0.1) is 0 Å². The van der Waals surface area contributed by atoms with Crippen LogP contribution in [0.2, 0.25) is 0 Å². The molecule has 0 aromatic heterocycles.